The van der Waals surface area contributed by atoms with Crippen molar-refractivity contribution in [1.29, 1.82) is 0 Å². The number of benzene rings is 1. The first kappa shape index (κ1) is 16.2. The van der Waals surface area contributed by atoms with Crippen LogP contribution in [0.5, 0.6) is 0 Å². The van der Waals surface area contributed by atoms with Gasteiger partial charge in [0.15, 0.2) is 0 Å². The second kappa shape index (κ2) is 8.32. The molecule has 5 heteroatoms. The van der Waals surface area contributed by atoms with Gasteiger partial charge >= 0.3 is 6.03 Å². The Morgan fingerprint density at radius 2 is 2.05 bits per heavy atom. The maximum atomic E-state index is 13.5. The summed E-state index contributed by atoms with van der Waals surface area (Å²) in [5.41, 5.74) is 1.79. The summed E-state index contributed by atoms with van der Waals surface area (Å²) in [5, 5.41) is 5.23. The summed E-state index contributed by atoms with van der Waals surface area (Å²) in [6, 6.07) is 8.88. The van der Waals surface area contributed by atoms with Crippen molar-refractivity contribution in [3.63, 3.8) is 0 Å². The Labute approximate surface area is 129 Å². The van der Waals surface area contributed by atoms with Gasteiger partial charge in [0.05, 0.1) is 6.04 Å². The van der Waals surface area contributed by atoms with E-state index in [-0.39, 0.29) is 18.4 Å². The first-order chi connectivity index (χ1) is 10.7. The molecule has 0 heterocycles. The van der Waals surface area contributed by atoms with Gasteiger partial charge in [-0.1, -0.05) is 36.4 Å². The number of alkyl halides is 1. The van der Waals surface area contributed by atoms with Crippen molar-refractivity contribution >= 4 is 6.03 Å². The van der Waals surface area contributed by atoms with E-state index in [4.69, 9.17) is 0 Å². The Hall–Kier alpha value is -2.17. The number of carbonyl (C=O) groups is 1. The van der Waals surface area contributed by atoms with Crippen LogP contribution < -0.4 is 10.6 Å². The van der Waals surface area contributed by atoms with Crippen molar-refractivity contribution in [2.45, 2.75) is 25.3 Å². The van der Waals surface area contributed by atoms with Crippen LogP contribution in [0.2, 0.25) is 0 Å². The summed E-state index contributed by atoms with van der Waals surface area (Å²) in [6.45, 7) is -0.652. The Kier molecular flexibility index (Phi) is 6.13. The molecule has 2 rings (SSSR count). The highest BCUT2D eigenvalue weighted by molar-refractivity contribution is 5.74. The van der Waals surface area contributed by atoms with Crippen molar-refractivity contribution in [1.82, 2.24) is 10.6 Å². The van der Waals surface area contributed by atoms with Crippen molar-refractivity contribution in [2.24, 2.45) is 0 Å². The highest BCUT2D eigenvalue weighted by Crippen LogP contribution is 2.22. The minimum absolute atomic E-state index is 0.0346. The number of hydrogen-bond acceptors (Lipinski definition) is 1. The van der Waals surface area contributed by atoms with E-state index < -0.39 is 12.7 Å². The third kappa shape index (κ3) is 4.98. The van der Waals surface area contributed by atoms with E-state index in [2.05, 4.69) is 10.6 Å². The van der Waals surface area contributed by atoms with E-state index in [0.717, 1.165) is 11.1 Å². The molecule has 1 aliphatic carbocycles. The van der Waals surface area contributed by atoms with Gasteiger partial charge in [0, 0.05) is 13.0 Å². The Morgan fingerprint density at radius 1 is 1.27 bits per heavy atom. The summed E-state index contributed by atoms with van der Waals surface area (Å²) >= 11 is 0. The topological polar surface area (TPSA) is 41.1 Å². The lowest BCUT2D eigenvalue weighted by Crippen LogP contribution is -2.44. The van der Waals surface area contributed by atoms with Gasteiger partial charge < -0.3 is 10.6 Å². The summed E-state index contributed by atoms with van der Waals surface area (Å²) in [7, 11) is 0. The Bertz CT molecular complexity index is 555. The number of allylic oxidation sites excluding steroid dienone is 2. The molecular weight excluding hydrogens is 286 g/mol. The molecule has 1 aromatic rings. The first-order valence-corrected chi connectivity index (χ1v) is 7.39. The molecule has 2 amide bonds. The molecule has 3 nitrogen and oxygen atoms in total. The lowest BCUT2D eigenvalue weighted by molar-refractivity contribution is 0.237. The van der Waals surface area contributed by atoms with E-state index in [1.807, 2.05) is 36.4 Å². The number of nitrogens with one attached hydrogen (secondary N) is 2. The van der Waals surface area contributed by atoms with Crippen molar-refractivity contribution < 1.29 is 13.6 Å². The van der Waals surface area contributed by atoms with Crippen LogP contribution >= 0.6 is 0 Å². The SMILES string of the molecule is O=C(NCCF)NC(Cc1ccccc1)C1=CCCC(F)=C1. The molecule has 0 spiro atoms. The molecule has 1 unspecified atom stereocenters. The predicted molar refractivity (Wildman–Crippen MR) is 83.0 cm³/mol. The van der Waals surface area contributed by atoms with Crippen LogP contribution in [-0.4, -0.2) is 25.3 Å². The van der Waals surface area contributed by atoms with Crippen LogP contribution in [0.3, 0.4) is 0 Å². The van der Waals surface area contributed by atoms with Gasteiger partial charge in [-0.05, 0) is 30.1 Å². The van der Waals surface area contributed by atoms with Gasteiger partial charge in [-0.3, -0.25) is 0 Å². The van der Waals surface area contributed by atoms with Crippen molar-refractivity contribution in [2.75, 3.05) is 13.2 Å². The number of halogens is 2. The predicted octanol–water partition coefficient (Wildman–Crippen LogP) is 3.44. The van der Waals surface area contributed by atoms with E-state index in [0.29, 0.717) is 19.3 Å². The molecule has 22 heavy (non-hydrogen) atoms. The zero-order chi connectivity index (χ0) is 15.8. The molecule has 0 aliphatic heterocycles. The number of hydrogen-bond donors (Lipinski definition) is 2. The quantitative estimate of drug-likeness (QED) is 0.830. The lowest BCUT2D eigenvalue weighted by atomic mass is 9.94. The third-order valence-corrected chi connectivity index (χ3v) is 3.46. The van der Waals surface area contributed by atoms with Crippen LogP contribution in [0.1, 0.15) is 18.4 Å². The Balaban J connectivity index is 2.10. The standard InChI is InChI=1S/C17H20F2N2O/c18-9-10-20-17(22)21-16(11-13-5-2-1-3-6-13)14-7-4-8-15(19)12-14/h1-3,5-7,12,16H,4,8-11H2,(H2,20,21,22). The minimum Gasteiger partial charge on any atom is -0.336 e. The fourth-order valence-electron chi connectivity index (χ4n) is 2.40. The number of urea groups is 1. The molecule has 1 atom stereocenters. The van der Waals surface area contributed by atoms with Gasteiger partial charge in [0.25, 0.3) is 0 Å². The van der Waals surface area contributed by atoms with Crippen LogP contribution in [0.4, 0.5) is 13.6 Å². The molecule has 0 fully saturated rings. The maximum absolute atomic E-state index is 13.5. The van der Waals surface area contributed by atoms with Gasteiger partial charge in [-0.2, -0.15) is 0 Å². The summed E-state index contributed by atoms with van der Waals surface area (Å²) in [5.74, 6) is -0.179. The largest absolute Gasteiger partial charge is 0.336 e. The Morgan fingerprint density at radius 3 is 2.73 bits per heavy atom. The molecule has 0 saturated heterocycles. The molecule has 1 aliphatic rings. The van der Waals surface area contributed by atoms with Crippen LogP contribution in [0.15, 0.2) is 53.9 Å². The van der Waals surface area contributed by atoms with Crippen molar-refractivity contribution in [3.05, 3.63) is 59.4 Å². The average molecular weight is 306 g/mol. The van der Waals surface area contributed by atoms with Crippen molar-refractivity contribution in [3.8, 4) is 0 Å². The fourth-order valence-corrected chi connectivity index (χ4v) is 2.40. The highest BCUT2D eigenvalue weighted by atomic mass is 19.1. The molecular formula is C17H20F2N2O. The van der Waals surface area contributed by atoms with Gasteiger partial charge in [0.1, 0.15) is 12.5 Å². The van der Waals surface area contributed by atoms with Gasteiger partial charge in [-0.25, -0.2) is 13.6 Å². The average Bonchev–Trinajstić information content (AvgIpc) is 2.53. The molecule has 0 bridgehead atoms. The first-order valence-electron chi connectivity index (χ1n) is 7.39. The summed E-state index contributed by atoms with van der Waals surface area (Å²) < 4.78 is 25.6. The van der Waals surface area contributed by atoms with E-state index in [9.17, 15) is 13.6 Å². The van der Waals surface area contributed by atoms with E-state index >= 15 is 0 Å². The summed E-state index contributed by atoms with van der Waals surface area (Å²) in [6.07, 6.45) is 4.99. The smallest absolute Gasteiger partial charge is 0.315 e. The van der Waals surface area contributed by atoms with Crippen LogP contribution in [0, 0.1) is 0 Å². The number of carbonyl (C=O) groups excluding carboxylic acids is 1. The molecule has 2 N–H and O–H groups in total. The fraction of sp³-hybridized carbons (Fsp3) is 0.353. The number of rotatable bonds is 6. The van der Waals surface area contributed by atoms with Gasteiger partial charge in [-0.15, -0.1) is 0 Å². The van der Waals surface area contributed by atoms with Crippen LogP contribution in [-0.2, 0) is 6.42 Å². The highest BCUT2D eigenvalue weighted by Gasteiger charge is 2.18. The second-order valence-electron chi connectivity index (χ2n) is 5.17. The van der Waals surface area contributed by atoms with E-state index in [1.165, 1.54) is 6.08 Å². The zero-order valence-electron chi connectivity index (χ0n) is 12.3. The summed E-state index contributed by atoms with van der Waals surface area (Å²) in [4.78, 5) is 11.8. The molecule has 1 aromatic carbocycles. The lowest BCUT2D eigenvalue weighted by Gasteiger charge is -2.22. The minimum atomic E-state index is -0.617. The molecule has 0 aromatic heterocycles. The van der Waals surface area contributed by atoms with Gasteiger partial charge in [0.2, 0.25) is 0 Å². The molecule has 0 saturated carbocycles. The molecule has 118 valence electrons. The zero-order valence-corrected chi connectivity index (χ0v) is 12.3. The number of amides is 2. The monoisotopic (exact) mass is 306 g/mol. The normalized spacial score (nSPS) is 15.5. The van der Waals surface area contributed by atoms with E-state index in [1.54, 1.807) is 0 Å². The van der Waals surface area contributed by atoms with Crippen LogP contribution in [0.25, 0.3) is 0 Å². The third-order valence-electron chi connectivity index (χ3n) is 3.46. The molecule has 0 radical (unpaired) electrons. The second-order valence-corrected chi connectivity index (χ2v) is 5.17. The maximum Gasteiger partial charge on any atom is 0.315 e.